The Morgan fingerprint density at radius 2 is 2.00 bits per heavy atom. The summed E-state index contributed by atoms with van der Waals surface area (Å²) >= 11 is 1.35. The molecule has 114 valence electrons. The fraction of sp³-hybridized carbons (Fsp3) is 0.357. The van der Waals surface area contributed by atoms with Gasteiger partial charge >= 0.3 is 0 Å². The molecular weight excluding hydrogens is 308 g/mol. The SMILES string of the molecule is CS(=O)(=O)Cc1nc(CN(CCO)c2ccccc2)cs1. The van der Waals surface area contributed by atoms with Gasteiger partial charge in [0.2, 0.25) is 0 Å². The Labute approximate surface area is 128 Å². The fourth-order valence-electron chi connectivity index (χ4n) is 1.97. The summed E-state index contributed by atoms with van der Waals surface area (Å²) in [6.45, 7) is 1.10. The van der Waals surface area contributed by atoms with Gasteiger partial charge in [0, 0.05) is 23.9 Å². The van der Waals surface area contributed by atoms with Gasteiger partial charge in [-0.05, 0) is 12.1 Å². The molecule has 0 radical (unpaired) electrons. The molecule has 0 bridgehead atoms. The summed E-state index contributed by atoms with van der Waals surface area (Å²) < 4.78 is 22.6. The van der Waals surface area contributed by atoms with Gasteiger partial charge in [-0.2, -0.15) is 0 Å². The van der Waals surface area contributed by atoms with E-state index in [-0.39, 0.29) is 12.4 Å². The average Bonchev–Trinajstić information content (AvgIpc) is 2.84. The molecule has 0 saturated carbocycles. The minimum atomic E-state index is -3.06. The second-order valence-electron chi connectivity index (χ2n) is 4.78. The average molecular weight is 326 g/mol. The fourth-order valence-corrected chi connectivity index (χ4v) is 3.96. The molecule has 0 aliphatic rings. The maximum Gasteiger partial charge on any atom is 0.153 e. The lowest BCUT2D eigenvalue weighted by atomic mass is 10.2. The Morgan fingerprint density at radius 1 is 1.29 bits per heavy atom. The molecule has 0 amide bonds. The number of benzene rings is 1. The third-order valence-corrected chi connectivity index (χ3v) is 4.71. The highest BCUT2D eigenvalue weighted by atomic mass is 32.2. The molecule has 21 heavy (non-hydrogen) atoms. The minimum absolute atomic E-state index is 0.0248. The van der Waals surface area contributed by atoms with Crippen molar-refractivity contribution < 1.29 is 13.5 Å². The van der Waals surface area contributed by atoms with Gasteiger partial charge in [-0.15, -0.1) is 11.3 Å². The smallest absolute Gasteiger partial charge is 0.153 e. The molecule has 0 aliphatic carbocycles. The number of sulfone groups is 1. The quantitative estimate of drug-likeness (QED) is 0.838. The lowest BCUT2D eigenvalue weighted by Gasteiger charge is -2.22. The summed E-state index contributed by atoms with van der Waals surface area (Å²) in [5.41, 5.74) is 1.82. The molecule has 1 aromatic carbocycles. The van der Waals surface area contributed by atoms with E-state index in [9.17, 15) is 13.5 Å². The first-order valence-corrected chi connectivity index (χ1v) is 9.44. The van der Waals surface area contributed by atoms with Gasteiger partial charge < -0.3 is 10.0 Å². The summed E-state index contributed by atoms with van der Waals surface area (Å²) in [6, 6.07) is 9.76. The van der Waals surface area contributed by atoms with Crippen LogP contribution in [0.15, 0.2) is 35.7 Å². The molecule has 0 unspecified atom stereocenters. The second kappa shape index (κ2) is 7.02. The lowest BCUT2D eigenvalue weighted by Crippen LogP contribution is -2.26. The van der Waals surface area contributed by atoms with Crippen LogP contribution in [-0.2, 0) is 22.1 Å². The molecule has 1 aromatic heterocycles. The third-order valence-electron chi connectivity index (χ3n) is 2.83. The number of thiazole rings is 1. The number of para-hydroxylation sites is 1. The first kappa shape index (κ1) is 15.9. The lowest BCUT2D eigenvalue weighted by molar-refractivity contribution is 0.301. The van der Waals surface area contributed by atoms with Crippen LogP contribution in [0.4, 0.5) is 5.69 Å². The van der Waals surface area contributed by atoms with E-state index in [4.69, 9.17) is 0 Å². The van der Waals surface area contributed by atoms with E-state index in [1.807, 2.05) is 40.6 Å². The normalized spacial score (nSPS) is 11.5. The number of anilines is 1. The first-order valence-electron chi connectivity index (χ1n) is 6.50. The van der Waals surface area contributed by atoms with E-state index in [0.717, 1.165) is 11.4 Å². The Balaban J connectivity index is 2.11. The largest absolute Gasteiger partial charge is 0.395 e. The summed E-state index contributed by atoms with van der Waals surface area (Å²) in [5.74, 6) is -0.0248. The van der Waals surface area contributed by atoms with Crippen molar-refractivity contribution in [3.05, 3.63) is 46.4 Å². The molecule has 0 atom stereocenters. The van der Waals surface area contributed by atoms with E-state index < -0.39 is 9.84 Å². The van der Waals surface area contributed by atoms with E-state index in [2.05, 4.69) is 4.98 Å². The topological polar surface area (TPSA) is 70.5 Å². The molecule has 5 nitrogen and oxygen atoms in total. The van der Waals surface area contributed by atoms with E-state index in [1.54, 1.807) is 0 Å². The predicted molar refractivity (Wildman–Crippen MR) is 85.2 cm³/mol. The van der Waals surface area contributed by atoms with Crippen molar-refractivity contribution in [1.82, 2.24) is 4.98 Å². The summed E-state index contributed by atoms with van der Waals surface area (Å²) in [6.07, 6.45) is 1.20. The monoisotopic (exact) mass is 326 g/mol. The zero-order valence-electron chi connectivity index (χ0n) is 11.8. The van der Waals surface area contributed by atoms with Crippen molar-refractivity contribution in [1.29, 1.82) is 0 Å². The molecular formula is C14H18N2O3S2. The maximum absolute atomic E-state index is 11.3. The Morgan fingerprint density at radius 3 is 2.62 bits per heavy atom. The summed E-state index contributed by atoms with van der Waals surface area (Å²) in [4.78, 5) is 6.37. The van der Waals surface area contributed by atoms with Crippen molar-refractivity contribution in [3.8, 4) is 0 Å². The highest BCUT2D eigenvalue weighted by molar-refractivity contribution is 7.90. The number of aromatic nitrogens is 1. The van der Waals surface area contributed by atoms with Crippen molar-refractivity contribution in [2.24, 2.45) is 0 Å². The molecule has 2 aromatic rings. The van der Waals surface area contributed by atoms with Gasteiger partial charge in [-0.3, -0.25) is 0 Å². The zero-order valence-corrected chi connectivity index (χ0v) is 13.4. The van der Waals surface area contributed by atoms with Crippen LogP contribution in [-0.4, -0.2) is 37.9 Å². The first-order chi connectivity index (χ1) is 9.98. The third kappa shape index (κ3) is 5.11. The van der Waals surface area contributed by atoms with Crippen molar-refractivity contribution in [2.75, 3.05) is 24.3 Å². The summed E-state index contributed by atoms with van der Waals surface area (Å²) in [7, 11) is -3.06. The van der Waals surface area contributed by atoms with Gasteiger partial charge in [-0.25, -0.2) is 13.4 Å². The predicted octanol–water partition coefficient (Wildman–Crippen LogP) is 1.69. The summed E-state index contributed by atoms with van der Waals surface area (Å²) in [5, 5.41) is 11.7. The minimum Gasteiger partial charge on any atom is -0.395 e. The van der Waals surface area contributed by atoms with E-state index in [1.165, 1.54) is 17.6 Å². The van der Waals surface area contributed by atoms with Crippen LogP contribution in [0.2, 0.25) is 0 Å². The molecule has 1 heterocycles. The molecule has 0 aliphatic heterocycles. The van der Waals surface area contributed by atoms with Crippen molar-refractivity contribution in [2.45, 2.75) is 12.3 Å². The van der Waals surface area contributed by atoms with Crippen molar-refractivity contribution >= 4 is 26.9 Å². The highest BCUT2D eigenvalue weighted by Crippen LogP contribution is 2.19. The van der Waals surface area contributed by atoms with E-state index in [0.29, 0.717) is 18.1 Å². The number of hydrogen-bond acceptors (Lipinski definition) is 6. The van der Waals surface area contributed by atoms with Crippen LogP contribution in [0, 0.1) is 0 Å². The standard InChI is InChI=1S/C14H18N2O3S2/c1-21(18,19)11-14-15-12(10-20-14)9-16(7-8-17)13-5-3-2-4-6-13/h2-6,10,17H,7-9,11H2,1H3. The molecule has 7 heteroatoms. The number of hydrogen-bond donors (Lipinski definition) is 1. The van der Waals surface area contributed by atoms with Gasteiger partial charge in [0.1, 0.15) is 10.8 Å². The molecule has 0 saturated heterocycles. The molecule has 2 rings (SSSR count). The van der Waals surface area contributed by atoms with Crippen LogP contribution >= 0.6 is 11.3 Å². The number of aliphatic hydroxyl groups is 1. The Kier molecular flexibility index (Phi) is 5.33. The van der Waals surface area contributed by atoms with Crippen molar-refractivity contribution in [3.63, 3.8) is 0 Å². The number of aliphatic hydroxyl groups excluding tert-OH is 1. The Bertz CT molecular complexity index is 669. The number of rotatable bonds is 7. The molecule has 1 N–H and O–H groups in total. The van der Waals surface area contributed by atoms with E-state index >= 15 is 0 Å². The Hall–Kier alpha value is -1.44. The van der Waals surface area contributed by atoms with Gasteiger partial charge in [0.15, 0.2) is 9.84 Å². The zero-order chi connectivity index (χ0) is 15.3. The highest BCUT2D eigenvalue weighted by Gasteiger charge is 2.12. The molecule has 0 spiro atoms. The van der Waals surface area contributed by atoms with Crippen LogP contribution in [0.1, 0.15) is 10.7 Å². The van der Waals surface area contributed by atoms with Gasteiger partial charge in [0.05, 0.1) is 18.8 Å². The van der Waals surface area contributed by atoms with Crippen LogP contribution in [0.3, 0.4) is 0 Å². The number of nitrogens with zero attached hydrogens (tertiary/aromatic N) is 2. The van der Waals surface area contributed by atoms with Crippen LogP contribution < -0.4 is 4.90 Å². The molecule has 0 fully saturated rings. The van der Waals surface area contributed by atoms with Gasteiger partial charge in [0.25, 0.3) is 0 Å². The van der Waals surface area contributed by atoms with Crippen LogP contribution in [0.5, 0.6) is 0 Å². The second-order valence-corrected chi connectivity index (χ2v) is 7.87. The van der Waals surface area contributed by atoms with Crippen LogP contribution in [0.25, 0.3) is 0 Å². The van der Waals surface area contributed by atoms with Gasteiger partial charge in [-0.1, -0.05) is 18.2 Å². The maximum atomic E-state index is 11.3.